The number of aromatic hydroxyl groups is 1. The van der Waals surface area contributed by atoms with E-state index in [2.05, 4.69) is 26.1 Å². The van der Waals surface area contributed by atoms with Gasteiger partial charge in [-0.05, 0) is 30.5 Å². The summed E-state index contributed by atoms with van der Waals surface area (Å²) in [6, 6.07) is 4.42. The van der Waals surface area contributed by atoms with E-state index in [0.29, 0.717) is 24.1 Å². The minimum Gasteiger partial charge on any atom is -0.508 e. The van der Waals surface area contributed by atoms with Crippen molar-refractivity contribution in [2.45, 2.75) is 39.8 Å². The third-order valence-electron chi connectivity index (χ3n) is 2.84. The smallest absolute Gasteiger partial charge is 0.123 e. The second-order valence-corrected chi connectivity index (χ2v) is 4.41. The highest BCUT2D eigenvalue weighted by atomic mass is 19.1. The number of hydrogen-bond donors (Lipinski definition) is 2. The van der Waals surface area contributed by atoms with Gasteiger partial charge in [-0.25, -0.2) is 4.39 Å². The standard InChI is InChI=1S/C13H20FNO/c1-4-12(9(2)3)15-8-10-7-11(14)5-6-13(10)16/h5-7,9,12,15-16H,4,8H2,1-3H3. The maximum atomic E-state index is 13.0. The second kappa shape index (κ2) is 5.85. The maximum absolute atomic E-state index is 13.0. The zero-order valence-electron chi connectivity index (χ0n) is 10.1. The van der Waals surface area contributed by atoms with Gasteiger partial charge in [0.05, 0.1) is 0 Å². The lowest BCUT2D eigenvalue weighted by Gasteiger charge is -2.21. The molecule has 1 aromatic rings. The molecule has 1 aromatic carbocycles. The Morgan fingerprint density at radius 1 is 1.38 bits per heavy atom. The summed E-state index contributed by atoms with van der Waals surface area (Å²) in [5, 5.41) is 12.9. The van der Waals surface area contributed by atoms with Crippen LogP contribution < -0.4 is 5.32 Å². The third-order valence-corrected chi connectivity index (χ3v) is 2.84. The highest BCUT2D eigenvalue weighted by Crippen LogP contribution is 2.18. The average Bonchev–Trinajstić information content (AvgIpc) is 2.23. The van der Waals surface area contributed by atoms with E-state index in [4.69, 9.17) is 0 Å². The van der Waals surface area contributed by atoms with Crippen molar-refractivity contribution < 1.29 is 9.50 Å². The summed E-state index contributed by atoms with van der Waals surface area (Å²) >= 11 is 0. The zero-order valence-corrected chi connectivity index (χ0v) is 10.1. The topological polar surface area (TPSA) is 32.3 Å². The van der Waals surface area contributed by atoms with Crippen molar-refractivity contribution in [1.29, 1.82) is 0 Å². The lowest BCUT2D eigenvalue weighted by atomic mass is 10.0. The molecule has 0 radical (unpaired) electrons. The predicted molar refractivity (Wildman–Crippen MR) is 63.8 cm³/mol. The van der Waals surface area contributed by atoms with Crippen molar-refractivity contribution >= 4 is 0 Å². The van der Waals surface area contributed by atoms with E-state index in [1.807, 2.05) is 0 Å². The molecule has 16 heavy (non-hydrogen) atoms. The van der Waals surface area contributed by atoms with Crippen LogP contribution in [0.2, 0.25) is 0 Å². The van der Waals surface area contributed by atoms with Crippen molar-refractivity contribution in [3.05, 3.63) is 29.6 Å². The van der Waals surface area contributed by atoms with Crippen molar-refractivity contribution in [3.8, 4) is 5.75 Å². The van der Waals surface area contributed by atoms with E-state index in [0.717, 1.165) is 6.42 Å². The van der Waals surface area contributed by atoms with Crippen LogP contribution >= 0.6 is 0 Å². The SMILES string of the molecule is CCC(NCc1cc(F)ccc1O)C(C)C. The van der Waals surface area contributed by atoms with E-state index >= 15 is 0 Å². The molecule has 90 valence electrons. The van der Waals surface area contributed by atoms with E-state index in [1.54, 1.807) is 0 Å². The van der Waals surface area contributed by atoms with E-state index in [1.165, 1.54) is 18.2 Å². The fraction of sp³-hybridized carbons (Fsp3) is 0.538. The normalized spacial score (nSPS) is 13.1. The van der Waals surface area contributed by atoms with Gasteiger partial charge in [-0.3, -0.25) is 0 Å². The molecule has 0 saturated heterocycles. The summed E-state index contributed by atoms with van der Waals surface area (Å²) in [5.74, 6) is 0.361. The number of phenols is 1. The van der Waals surface area contributed by atoms with Gasteiger partial charge < -0.3 is 10.4 Å². The van der Waals surface area contributed by atoms with Crippen molar-refractivity contribution in [2.24, 2.45) is 5.92 Å². The first-order valence-electron chi connectivity index (χ1n) is 5.75. The van der Waals surface area contributed by atoms with Crippen molar-refractivity contribution in [2.75, 3.05) is 0 Å². The molecule has 0 fully saturated rings. The van der Waals surface area contributed by atoms with Crippen molar-refractivity contribution in [3.63, 3.8) is 0 Å². The number of halogens is 1. The summed E-state index contributed by atoms with van der Waals surface area (Å²) in [7, 11) is 0. The molecular formula is C13H20FNO. The Morgan fingerprint density at radius 3 is 2.62 bits per heavy atom. The van der Waals surface area contributed by atoms with Gasteiger partial charge in [0, 0.05) is 18.2 Å². The Morgan fingerprint density at radius 2 is 2.06 bits per heavy atom. The van der Waals surface area contributed by atoms with Gasteiger partial charge in [0.25, 0.3) is 0 Å². The lowest BCUT2D eigenvalue weighted by molar-refractivity contribution is 0.381. The minimum absolute atomic E-state index is 0.146. The summed E-state index contributed by atoms with van der Waals surface area (Å²) in [6.07, 6.45) is 1.02. The van der Waals surface area contributed by atoms with E-state index in [9.17, 15) is 9.50 Å². The summed E-state index contributed by atoms with van der Waals surface area (Å²) in [5.41, 5.74) is 0.610. The lowest BCUT2D eigenvalue weighted by Crippen LogP contribution is -2.32. The first-order chi connectivity index (χ1) is 7.54. The molecule has 3 heteroatoms. The van der Waals surface area contributed by atoms with Gasteiger partial charge in [0.15, 0.2) is 0 Å². The molecule has 2 nitrogen and oxygen atoms in total. The van der Waals surface area contributed by atoms with Crippen LogP contribution in [0.4, 0.5) is 4.39 Å². The number of phenolic OH excluding ortho intramolecular Hbond substituents is 1. The average molecular weight is 225 g/mol. The number of benzene rings is 1. The van der Waals surface area contributed by atoms with Gasteiger partial charge in [0.1, 0.15) is 11.6 Å². The van der Waals surface area contributed by atoms with Gasteiger partial charge in [0.2, 0.25) is 0 Å². The predicted octanol–water partition coefficient (Wildman–Crippen LogP) is 3.06. The van der Waals surface area contributed by atoms with Crippen LogP contribution in [0.25, 0.3) is 0 Å². The Hall–Kier alpha value is -1.09. The minimum atomic E-state index is -0.313. The number of nitrogens with one attached hydrogen (secondary N) is 1. The van der Waals surface area contributed by atoms with E-state index < -0.39 is 0 Å². The Balaban J connectivity index is 2.63. The monoisotopic (exact) mass is 225 g/mol. The van der Waals surface area contributed by atoms with Crippen molar-refractivity contribution in [1.82, 2.24) is 5.32 Å². The number of hydrogen-bond acceptors (Lipinski definition) is 2. The molecule has 1 atom stereocenters. The molecule has 1 unspecified atom stereocenters. The molecule has 0 saturated carbocycles. The molecule has 0 aromatic heterocycles. The summed E-state index contributed by atoms with van der Waals surface area (Å²) in [6.45, 7) is 6.91. The second-order valence-electron chi connectivity index (χ2n) is 4.41. The van der Waals surface area contributed by atoms with Crippen LogP contribution in [-0.4, -0.2) is 11.1 Å². The van der Waals surface area contributed by atoms with Crippen LogP contribution in [0.1, 0.15) is 32.8 Å². The van der Waals surface area contributed by atoms with E-state index in [-0.39, 0.29) is 11.6 Å². The molecule has 0 amide bonds. The fourth-order valence-electron chi connectivity index (χ4n) is 1.79. The Kier molecular flexibility index (Phi) is 4.74. The van der Waals surface area contributed by atoms with Crippen LogP contribution in [0.5, 0.6) is 5.75 Å². The third kappa shape index (κ3) is 3.49. The molecule has 0 bridgehead atoms. The molecule has 0 aliphatic heterocycles. The summed E-state index contributed by atoms with van der Waals surface area (Å²) in [4.78, 5) is 0. The van der Waals surface area contributed by atoms with Gasteiger partial charge in [-0.15, -0.1) is 0 Å². The molecular weight excluding hydrogens is 205 g/mol. The maximum Gasteiger partial charge on any atom is 0.123 e. The molecule has 1 rings (SSSR count). The van der Waals surface area contributed by atoms with Crippen LogP contribution in [0.15, 0.2) is 18.2 Å². The molecule has 0 aliphatic carbocycles. The van der Waals surface area contributed by atoms with Gasteiger partial charge in [-0.2, -0.15) is 0 Å². The molecule has 0 aliphatic rings. The van der Waals surface area contributed by atoms with Gasteiger partial charge in [-0.1, -0.05) is 20.8 Å². The highest BCUT2D eigenvalue weighted by Gasteiger charge is 2.11. The summed E-state index contributed by atoms with van der Waals surface area (Å²) < 4.78 is 13.0. The Bertz CT molecular complexity index is 339. The van der Waals surface area contributed by atoms with Crippen LogP contribution in [0.3, 0.4) is 0 Å². The van der Waals surface area contributed by atoms with Gasteiger partial charge >= 0.3 is 0 Å². The zero-order chi connectivity index (χ0) is 12.1. The number of rotatable bonds is 5. The fourth-order valence-corrected chi connectivity index (χ4v) is 1.79. The molecule has 0 heterocycles. The van der Waals surface area contributed by atoms with Crippen LogP contribution in [0, 0.1) is 11.7 Å². The first kappa shape index (κ1) is 13.0. The quantitative estimate of drug-likeness (QED) is 0.807. The highest BCUT2D eigenvalue weighted by molar-refractivity contribution is 5.32. The molecule has 0 spiro atoms. The first-order valence-corrected chi connectivity index (χ1v) is 5.75. The molecule has 2 N–H and O–H groups in total. The van der Waals surface area contributed by atoms with Crippen LogP contribution in [-0.2, 0) is 6.54 Å². The Labute approximate surface area is 96.5 Å². The largest absolute Gasteiger partial charge is 0.508 e.